The average molecular weight is 313 g/mol. The van der Waals surface area contributed by atoms with Crippen LogP contribution in [0.3, 0.4) is 0 Å². The lowest BCUT2D eigenvalue weighted by Crippen LogP contribution is -2.26. The van der Waals surface area contributed by atoms with E-state index in [-0.39, 0.29) is 11.5 Å². The molecule has 0 aliphatic heterocycles. The van der Waals surface area contributed by atoms with Gasteiger partial charge in [-0.05, 0) is 31.0 Å². The molecule has 0 spiro atoms. The fraction of sp³-hybridized carbons (Fsp3) is 0.400. The Morgan fingerprint density at radius 2 is 1.39 bits per heavy atom. The highest BCUT2D eigenvalue weighted by Crippen LogP contribution is 2.42. The van der Waals surface area contributed by atoms with Crippen LogP contribution in [-0.4, -0.2) is 23.3 Å². The molecule has 0 aliphatic carbocycles. The number of benzene rings is 2. The van der Waals surface area contributed by atoms with Crippen molar-refractivity contribution in [3.63, 3.8) is 0 Å². The lowest BCUT2D eigenvalue weighted by molar-refractivity contribution is 0.469. The topological polar surface area (TPSA) is 43.7 Å². The van der Waals surface area contributed by atoms with E-state index in [1.54, 1.807) is 18.2 Å². The van der Waals surface area contributed by atoms with E-state index in [2.05, 4.69) is 18.7 Å². The van der Waals surface area contributed by atoms with Crippen LogP contribution in [-0.2, 0) is 0 Å². The summed E-state index contributed by atoms with van der Waals surface area (Å²) in [6.45, 7) is 6.29. The number of anilines is 1. The largest absolute Gasteiger partial charge is 0.507 e. The Morgan fingerprint density at radius 3 is 2.00 bits per heavy atom. The Hall–Kier alpha value is -2.16. The lowest BCUT2D eigenvalue weighted by atomic mass is 10.00. The highest BCUT2D eigenvalue weighted by Gasteiger charge is 2.17. The molecular weight excluding hydrogens is 286 g/mol. The molecule has 3 heteroatoms. The van der Waals surface area contributed by atoms with Gasteiger partial charge in [0.25, 0.3) is 0 Å². The van der Waals surface area contributed by atoms with Crippen molar-refractivity contribution in [2.24, 2.45) is 0 Å². The molecule has 23 heavy (non-hydrogen) atoms. The minimum Gasteiger partial charge on any atom is -0.507 e. The van der Waals surface area contributed by atoms with Crippen molar-refractivity contribution in [1.29, 1.82) is 0 Å². The zero-order chi connectivity index (χ0) is 16.7. The third-order valence-corrected chi connectivity index (χ3v) is 4.10. The van der Waals surface area contributed by atoms with E-state index in [9.17, 15) is 10.2 Å². The highest BCUT2D eigenvalue weighted by atomic mass is 16.3. The lowest BCUT2D eigenvalue weighted by Gasteiger charge is -2.28. The standard InChI is InChI=1S/C20H27NO2/c1-3-5-14-21(15-6-4-2)17-11-9-13-19(23)20(17)16-10-7-8-12-18(16)22/h7-13,22-23H,3-6,14-15H2,1-2H3. The van der Waals surface area contributed by atoms with Crippen LogP contribution in [0.5, 0.6) is 11.5 Å². The number of phenols is 2. The van der Waals surface area contributed by atoms with Crippen molar-refractivity contribution in [1.82, 2.24) is 0 Å². The highest BCUT2D eigenvalue weighted by molar-refractivity contribution is 5.86. The molecule has 0 unspecified atom stereocenters. The summed E-state index contributed by atoms with van der Waals surface area (Å²) in [5, 5.41) is 20.6. The van der Waals surface area contributed by atoms with Gasteiger partial charge in [0.15, 0.2) is 0 Å². The summed E-state index contributed by atoms with van der Waals surface area (Å²) < 4.78 is 0. The second-order valence-corrected chi connectivity index (χ2v) is 5.88. The van der Waals surface area contributed by atoms with Gasteiger partial charge in [-0.2, -0.15) is 0 Å². The minimum absolute atomic E-state index is 0.196. The van der Waals surface area contributed by atoms with Crippen molar-refractivity contribution in [2.75, 3.05) is 18.0 Å². The number of rotatable bonds is 8. The van der Waals surface area contributed by atoms with Crippen LogP contribution in [0.15, 0.2) is 42.5 Å². The Kier molecular flexibility index (Phi) is 6.33. The van der Waals surface area contributed by atoms with E-state index in [0.717, 1.165) is 50.0 Å². The van der Waals surface area contributed by atoms with Gasteiger partial charge in [0.2, 0.25) is 0 Å². The van der Waals surface area contributed by atoms with Gasteiger partial charge in [0.05, 0.1) is 5.56 Å². The van der Waals surface area contributed by atoms with Crippen LogP contribution < -0.4 is 4.90 Å². The molecule has 0 bridgehead atoms. The van der Waals surface area contributed by atoms with Gasteiger partial charge in [-0.3, -0.25) is 0 Å². The van der Waals surface area contributed by atoms with E-state index in [0.29, 0.717) is 5.56 Å². The predicted octanol–water partition coefficient (Wildman–Crippen LogP) is 5.17. The molecule has 2 aromatic rings. The van der Waals surface area contributed by atoms with Gasteiger partial charge in [0.1, 0.15) is 11.5 Å². The molecule has 2 N–H and O–H groups in total. The molecule has 0 aromatic heterocycles. The molecule has 2 aromatic carbocycles. The molecule has 0 saturated heterocycles. The van der Waals surface area contributed by atoms with E-state index >= 15 is 0 Å². The van der Waals surface area contributed by atoms with Gasteiger partial charge in [-0.1, -0.05) is 51.0 Å². The van der Waals surface area contributed by atoms with E-state index in [1.165, 1.54) is 0 Å². The molecule has 0 amide bonds. The zero-order valence-corrected chi connectivity index (χ0v) is 14.1. The van der Waals surface area contributed by atoms with Crippen LogP contribution in [0.2, 0.25) is 0 Å². The molecular formula is C20H27NO2. The summed E-state index contributed by atoms with van der Waals surface area (Å²) in [7, 11) is 0. The Bertz CT molecular complexity index is 617. The summed E-state index contributed by atoms with van der Waals surface area (Å²) in [6, 6.07) is 12.8. The quantitative estimate of drug-likeness (QED) is 0.706. The Labute approximate surface area is 139 Å². The molecule has 0 radical (unpaired) electrons. The van der Waals surface area contributed by atoms with E-state index in [1.807, 2.05) is 24.3 Å². The summed E-state index contributed by atoms with van der Waals surface area (Å²) in [4.78, 5) is 2.33. The van der Waals surface area contributed by atoms with Crippen LogP contribution in [0, 0.1) is 0 Å². The zero-order valence-electron chi connectivity index (χ0n) is 14.1. The SMILES string of the molecule is CCCCN(CCCC)c1cccc(O)c1-c1ccccc1O. The molecule has 0 saturated carbocycles. The number of hydrogen-bond acceptors (Lipinski definition) is 3. The first-order valence-electron chi connectivity index (χ1n) is 8.54. The Morgan fingerprint density at radius 1 is 0.783 bits per heavy atom. The van der Waals surface area contributed by atoms with Crippen LogP contribution in [0.1, 0.15) is 39.5 Å². The first-order chi connectivity index (χ1) is 11.2. The molecule has 124 valence electrons. The maximum absolute atomic E-state index is 10.4. The number of aromatic hydroxyl groups is 2. The normalized spacial score (nSPS) is 10.7. The van der Waals surface area contributed by atoms with Crippen molar-refractivity contribution < 1.29 is 10.2 Å². The summed E-state index contributed by atoms with van der Waals surface area (Å²) in [5.74, 6) is 0.406. The average Bonchev–Trinajstić information content (AvgIpc) is 2.56. The fourth-order valence-corrected chi connectivity index (χ4v) is 2.80. The van der Waals surface area contributed by atoms with E-state index < -0.39 is 0 Å². The third kappa shape index (κ3) is 4.19. The number of para-hydroxylation sites is 1. The first-order valence-corrected chi connectivity index (χ1v) is 8.54. The van der Waals surface area contributed by atoms with Crippen LogP contribution in [0.25, 0.3) is 11.1 Å². The van der Waals surface area contributed by atoms with Crippen molar-refractivity contribution >= 4 is 5.69 Å². The summed E-state index contributed by atoms with van der Waals surface area (Å²) in [5.41, 5.74) is 2.39. The molecule has 0 atom stereocenters. The second-order valence-electron chi connectivity index (χ2n) is 5.88. The number of phenolic OH excluding ortho intramolecular Hbond substituents is 2. The fourth-order valence-electron chi connectivity index (χ4n) is 2.80. The maximum Gasteiger partial charge on any atom is 0.125 e. The van der Waals surface area contributed by atoms with Gasteiger partial charge in [0, 0.05) is 24.3 Å². The molecule has 0 aliphatic rings. The Balaban J connectivity index is 2.48. The maximum atomic E-state index is 10.4. The van der Waals surface area contributed by atoms with Crippen molar-refractivity contribution in [3.8, 4) is 22.6 Å². The first kappa shape index (κ1) is 17.2. The van der Waals surface area contributed by atoms with Gasteiger partial charge < -0.3 is 15.1 Å². The van der Waals surface area contributed by atoms with Gasteiger partial charge in [-0.15, -0.1) is 0 Å². The summed E-state index contributed by atoms with van der Waals surface area (Å²) >= 11 is 0. The van der Waals surface area contributed by atoms with Crippen molar-refractivity contribution in [3.05, 3.63) is 42.5 Å². The monoisotopic (exact) mass is 313 g/mol. The van der Waals surface area contributed by atoms with Crippen LogP contribution in [0.4, 0.5) is 5.69 Å². The molecule has 0 heterocycles. The summed E-state index contributed by atoms with van der Waals surface area (Å²) in [6.07, 6.45) is 4.49. The van der Waals surface area contributed by atoms with Crippen molar-refractivity contribution in [2.45, 2.75) is 39.5 Å². The molecule has 2 rings (SSSR count). The van der Waals surface area contributed by atoms with Crippen LogP contribution >= 0.6 is 0 Å². The smallest absolute Gasteiger partial charge is 0.125 e. The predicted molar refractivity (Wildman–Crippen MR) is 97.2 cm³/mol. The number of unbranched alkanes of at least 4 members (excludes halogenated alkanes) is 2. The second kappa shape index (κ2) is 8.47. The van der Waals surface area contributed by atoms with E-state index in [4.69, 9.17) is 0 Å². The van der Waals surface area contributed by atoms with Gasteiger partial charge in [-0.25, -0.2) is 0 Å². The van der Waals surface area contributed by atoms with Gasteiger partial charge >= 0.3 is 0 Å². The minimum atomic E-state index is 0.196. The number of nitrogens with zero attached hydrogens (tertiary/aromatic N) is 1. The third-order valence-electron chi connectivity index (χ3n) is 4.10. The molecule has 3 nitrogen and oxygen atoms in total. The number of hydrogen-bond donors (Lipinski definition) is 2. The molecule has 0 fully saturated rings.